The fourth-order valence-corrected chi connectivity index (χ4v) is 2.21. The van der Waals surface area contributed by atoms with Gasteiger partial charge in [0.1, 0.15) is 0 Å². The Labute approximate surface area is 155 Å². The van der Waals surface area contributed by atoms with Crippen LogP contribution in [-0.2, 0) is 13.1 Å². The Morgan fingerprint density at radius 2 is 2.11 bits per heavy atom. The largest absolute Gasteiger partial charge is 0.468 e. The number of ether oxygens (including phenoxy) is 1. The lowest BCUT2D eigenvalue weighted by molar-refractivity contribution is -0.154. The van der Waals surface area contributed by atoms with Gasteiger partial charge in [-0.2, -0.15) is 18.3 Å². The molecule has 0 radical (unpaired) electrons. The van der Waals surface area contributed by atoms with Crippen molar-refractivity contribution in [2.24, 2.45) is 4.99 Å². The minimum absolute atomic E-state index is 0.0619. The second kappa shape index (κ2) is 10.4. The number of guanidine groups is 1. The van der Waals surface area contributed by atoms with Crippen molar-refractivity contribution in [1.82, 2.24) is 25.4 Å². The van der Waals surface area contributed by atoms with E-state index in [-0.39, 0.29) is 12.4 Å². The molecule has 2 aromatic rings. The van der Waals surface area contributed by atoms with Gasteiger partial charge in [-0.3, -0.25) is 4.68 Å². The summed E-state index contributed by atoms with van der Waals surface area (Å²) in [6, 6.07) is 5.14. The first-order valence-electron chi connectivity index (χ1n) is 8.61. The van der Waals surface area contributed by atoms with Crippen LogP contribution in [0, 0.1) is 0 Å². The van der Waals surface area contributed by atoms with Gasteiger partial charge in [-0.15, -0.1) is 0 Å². The lowest BCUT2D eigenvalue weighted by atomic mass is 10.3. The zero-order chi connectivity index (χ0) is 19.5. The highest BCUT2D eigenvalue weighted by Crippen LogP contribution is 2.20. The number of rotatable bonds is 9. The topological polar surface area (TPSA) is 76.4 Å². The van der Waals surface area contributed by atoms with Crippen molar-refractivity contribution >= 4 is 5.96 Å². The number of halogens is 3. The van der Waals surface area contributed by atoms with Crippen LogP contribution in [0.15, 0.2) is 41.8 Å². The molecule has 0 bridgehead atoms. The van der Waals surface area contributed by atoms with E-state index in [0.29, 0.717) is 24.6 Å². The summed E-state index contributed by atoms with van der Waals surface area (Å²) >= 11 is 0. The summed E-state index contributed by atoms with van der Waals surface area (Å²) in [6.45, 7) is 2.81. The third-order valence-electron chi connectivity index (χ3n) is 3.39. The lowest BCUT2D eigenvalue weighted by Crippen LogP contribution is -2.38. The SMILES string of the molecule is CCNC(=NCc1cccnc1OCC(F)(F)F)NCCCn1cccn1. The fraction of sp³-hybridized carbons (Fsp3) is 0.471. The molecular formula is C17H23F3N6O. The highest BCUT2D eigenvalue weighted by molar-refractivity contribution is 5.79. The normalized spacial score (nSPS) is 12.1. The summed E-state index contributed by atoms with van der Waals surface area (Å²) in [5.74, 6) is 0.511. The Bertz CT molecular complexity index is 703. The number of aryl methyl sites for hydroxylation is 1. The minimum Gasteiger partial charge on any atom is -0.468 e. The molecule has 0 amide bonds. The minimum atomic E-state index is -4.41. The van der Waals surface area contributed by atoms with Crippen molar-refractivity contribution in [1.29, 1.82) is 0 Å². The van der Waals surface area contributed by atoms with E-state index in [1.807, 2.05) is 23.9 Å². The average molecular weight is 384 g/mol. The second-order valence-electron chi connectivity index (χ2n) is 5.62. The zero-order valence-electron chi connectivity index (χ0n) is 15.0. The molecule has 0 aliphatic rings. The molecule has 0 unspecified atom stereocenters. The van der Waals surface area contributed by atoms with Gasteiger partial charge in [-0.25, -0.2) is 9.98 Å². The molecule has 2 rings (SSSR count). The fourth-order valence-electron chi connectivity index (χ4n) is 2.21. The van der Waals surface area contributed by atoms with E-state index < -0.39 is 12.8 Å². The zero-order valence-corrected chi connectivity index (χ0v) is 15.0. The molecule has 0 aliphatic carbocycles. The Kier molecular flexibility index (Phi) is 7.90. The summed E-state index contributed by atoms with van der Waals surface area (Å²) < 4.78 is 43.7. The second-order valence-corrected chi connectivity index (χ2v) is 5.62. The third kappa shape index (κ3) is 7.97. The number of hydrogen-bond acceptors (Lipinski definition) is 4. The van der Waals surface area contributed by atoms with Gasteiger partial charge >= 0.3 is 6.18 Å². The van der Waals surface area contributed by atoms with Crippen LogP contribution in [0.2, 0.25) is 0 Å². The number of nitrogens with one attached hydrogen (secondary N) is 2. The summed E-state index contributed by atoms with van der Waals surface area (Å²) in [7, 11) is 0. The number of nitrogens with zero attached hydrogens (tertiary/aromatic N) is 4. The predicted molar refractivity (Wildman–Crippen MR) is 95.4 cm³/mol. The van der Waals surface area contributed by atoms with E-state index in [1.165, 1.54) is 6.20 Å². The van der Waals surface area contributed by atoms with Crippen LogP contribution in [0.3, 0.4) is 0 Å². The van der Waals surface area contributed by atoms with Crippen molar-refractivity contribution in [3.63, 3.8) is 0 Å². The Hall–Kier alpha value is -2.78. The standard InChI is InChI=1S/C17H23F3N6O/c1-2-21-16(23-8-4-10-26-11-5-9-25-26)24-12-14-6-3-7-22-15(14)27-13-17(18,19)20/h3,5-7,9,11H,2,4,8,10,12-13H2,1H3,(H2,21,23,24). The maximum Gasteiger partial charge on any atom is 0.422 e. The Balaban J connectivity index is 1.89. The maximum absolute atomic E-state index is 12.4. The molecule has 0 atom stereocenters. The summed E-state index contributed by atoms with van der Waals surface area (Å²) in [5, 5.41) is 10.4. The van der Waals surface area contributed by atoms with Gasteiger partial charge in [0, 0.05) is 43.8 Å². The lowest BCUT2D eigenvalue weighted by Gasteiger charge is -2.13. The molecule has 0 aliphatic heterocycles. The average Bonchev–Trinajstić information content (AvgIpc) is 3.15. The molecule has 0 spiro atoms. The van der Waals surface area contributed by atoms with E-state index in [1.54, 1.807) is 18.3 Å². The third-order valence-corrected chi connectivity index (χ3v) is 3.39. The molecule has 0 fully saturated rings. The first kappa shape index (κ1) is 20.5. The highest BCUT2D eigenvalue weighted by atomic mass is 19.4. The van der Waals surface area contributed by atoms with Crippen molar-refractivity contribution in [2.75, 3.05) is 19.7 Å². The number of alkyl halides is 3. The van der Waals surface area contributed by atoms with Crippen molar-refractivity contribution < 1.29 is 17.9 Å². The highest BCUT2D eigenvalue weighted by Gasteiger charge is 2.29. The molecule has 0 aromatic carbocycles. The molecule has 148 valence electrons. The molecule has 2 aromatic heterocycles. The van der Waals surface area contributed by atoms with Crippen LogP contribution in [0.4, 0.5) is 13.2 Å². The summed E-state index contributed by atoms with van der Waals surface area (Å²) in [5.41, 5.74) is 0.482. The molecule has 27 heavy (non-hydrogen) atoms. The van der Waals surface area contributed by atoms with Crippen LogP contribution in [0.25, 0.3) is 0 Å². The maximum atomic E-state index is 12.4. The van der Waals surface area contributed by atoms with E-state index in [0.717, 1.165) is 13.0 Å². The first-order chi connectivity index (χ1) is 13.0. The first-order valence-corrected chi connectivity index (χ1v) is 8.61. The molecular weight excluding hydrogens is 361 g/mol. The Morgan fingerprint density at radius 1 is 1.26 bits per heavy atom. The van der Waals surface area contributed by atoms with Gasteiger partial charge in [0.2, 0.25) is 5.88 Å². The van der Waals surface area contributed by atoms with Crippen LogP contribution in [0.1, 0.15) is 18.9 Å². The van der Waals surface area contributed by atoms with E-state index in [2.05, 4.69) is 25.7 Å². The monoisotopic (exact) mass is 384 g/mol. The van der Waals surface area contributed by atoms with Crippen molar-refractivity contribution in [2.45, 2.75) is 32.6 Å². The van der Waals surface area contributed by atoms with E-state index in [4.69, 9.17) is 4.74 Å². The van der Waals surface area contributed by atoms with Crippen LogP contribution in [0.5, 0.6) is 5.88 Å². The number of pyridine rings is 1. The van der Waals surface area contributed by atoms with Crippen molar-refractivity contribution in [3.05, 3.63) is 42.4 Å². The number of aromatic nitrogens is 3. The van der Waals surface area contributed by atoms with Crippen molar-refractivity contribution in [3.8, 4) is 5.88 Å². The molecule has 2 N–H and O–H groups in total. The Morgan fingerprint density at radius 3 is 2.81 bits per heavy atom. The molecule has 10 heteroatoms. The van der Waals surface area contributed by atoms with Gasteiger partial charge < -0.3 is 15.4 Å². The summed E-state index contributed by atoms with van der Waals surface area (Å²) in [4.78, 5) is 8.26. The number of hydrogen-bond donors (Lipinski definition) is 2. The van der Waals surface area contributed by atoms with E-state index >= 15 is 0 Å². The van der Waals surface area contributed by atoms with E-state index in [9.17, 15) is 13.2 Å². The quantitative estimate of drug-likeness (QED) is 0.394. The molecule has 7 nitrogen and oxygen atoms in total. The van der Waals surface area contributed by atoms with Gasteiger partial charge in [0.05, 0.1) is 6.54 Å². The predicted octanol–water partition coefficient (Wildman–Crippen LogP) is 2.36. The van der Waals surface area contributed by atoms with Crippen LogP contribution >= 0.6 is 0 Å². The van der Waals surface area contributed by atoms with Gasteiger partial charge in [-0.1, -0.05) is 6.07 Å². The molecule has 0 saturated carbocycles. The van der Waals surface area contributed by atoms with Gasteiger partial charge in [-0.05, 0) is 25.5 Å². The molecule has 2 heterocycles. The summed E-state index contributed by atoms with van der Waals surface area (Å²) in [6.07, 6.45) is 1.44. The van der Waals surface area contributed by atoms with Crippen LogP contribution < -0.4 is 15.4 Å². The number of aliphatic imine (C=N–C) groups is 1. The molecule has 0 saturated heterocycles. The van der Waals surface area contributed by atoms with Gasteiger partial charge in [0.25, 0.3) is 0 Å². The smallest absolute Gasteiger partial charge is 0.422 e. The van der Waals surface area contributed by atoms with Crippen LogP contribution in [-0.4, -0.2) is 46.6 Å². The van der Waals surface area contributed by atoms with Gasteiger partial charge in [0.15, 0.2) is 12.6 Å².